The number of nitrogens with zero attached hydrogens (tertiary/aromatic N) is 1. The van der Waals surface area contributed by atoms with Crippen LogP contribution in [0.4, 0.5) is 5.69 Å². The maximum Gasteiger partial charge on any atom is 0.248 e. The SMILES string of the molecule is Cc1ccc(/C=C/C(=O)Nc2ccc(S(=O)(=O)N(C)C(C)C)cc2)o1. The molecule has 0 saturated carbocycles. The molecule has 25 heavy (non-hydrogen) atoms. The van der Waals surface area contributed by atoms with E-state index in [2.05, 4.69) is 5.32 Å². The first-order valence-electron chi connectivity index (χ1n) is 7.84. The molecule has 0 aliphatic heterocycles. The Bertz CT molecular complexity index is 865. The monoisotopic (exact) mass is 362 g/mol. The van der Waals surface area contributed by atoms with Crippen LogP contribution in [0.1, 0.15) is 25.4 Å². The Balaban J connectivity index is 2.05. The predicted molar refractivity (Wildman–Crippen MR) is 97.6 cm³/mol. The maximum atomic E-state index is 12.4. The van der Waals surface area contributed by atoms with E-state index in [-0.39, 0.29) is 16.8 Å². The summed E-state index contributed by atoms with van der Waals surface area (Å²) in [4.78, 5) is 12.1. The summed E-state index contributed by atoms with van der Waals surface area (Å²) in [5, 5.41) is 2.67. The van der Waals surface area contributed by atoms with Crippen molar-refractivity contribution in [2.24, 2.45) is 0 Å². The molecule has 0 spiro atoms. The predicted octanol–water partition coefficient (Wildman–Crippen LogP) is 3.27. The second-order valence-corrected chi connectivity index (χ2v) is 7.91. The summed E-state index contributed by atoms with van der Waals surface area (Å²) in [6.07, 6.45) is 2.92. The number of amides is 1. The number of furan rings is 1. The zero-order valence-electron chi connectivity index (χ0n) is 14.7. The minimum atomic E-state index is -3.53. The van der Waals surface area contributed by atoms with Gasteiger partial charge < -0.3 is 9.73 Å². The molecular formula is C18H22N2O4S. The van der Waals surface area contributed by atoms with Gasteiger partial charge in [-0.3, -0.25) is 4.79 Å². The highest BCUT2D eigenvalue weighted by Gasteiger charge is 2.22. The summed E-state index contributed by atoms with van der Waals surface area (Å²) in [6.45, 7) is 5.43. The lowest BCUT2D eigenvalue weighted by Crippen LogP contribution is -2.33. The third-order valence-corrected chi connectivity index (χ3v) is 5.73. The van der Waals surface area contributed by atoms with Crippen molar-refractivity contribution in [1.82, 2.24) is 4.31 Å². The van der Waals surface area contributed by atoms with Gasteiger partial charge in [0, 0.05) is 24.9 Å². The summed E-state index contributed by atoms with van der Waals surface area (Å²) in [7, 11) is -1.99. The van der Waals surface area contributed by atoms with Crippen LogP contribution in [0, 0.1) is 6.92 Å². The first-order chi connectivity index (χ1) is 11.7. The van der Waals surface area contributed by atoms with Crippen molar-refractivity contribution in [2.75, 3.05) is 12.4 Å². The lowest BCUT2D eigenvalue weighted by Gasteiger charge is -2.21. The van der Waals surface area contributed by atoms with Crippen LogP contribution in [0.15, 0.2) is 51.8 Å². The standard InChI is InChI=1S/C18H22N2O4S/c1-13(2)20(4)25(22,23)17-10-6-15(7-11-17)19-18(21)12-9-16-8-5-14(3)24-16/h5-13H,1-4H3,(H,19,21)/b12-9+. The van der Waals surface area contributed by atoms with E-state index in [1.54, 1.807) is 38.1 Å². The number of sulfonamides is 1. The highest BCUT2D eigenvalue weighted by molar-refractivity contribution is 7.89. The lowest BCUT2D eigenvalue weighted by atomic mass is 10.3. The van der Waals surface area contributed by atoms with Crippen LogP contribution >= 0.6 is 0 Å². The molecule has 134 valence electrons. The van der Waals surface area contributed by atoms with Crippen LogP contribution < -0.4 is 5.32 Å². The van der Waals surface area contributed by atoms with Gasteiger partial charge in [0.15, 0.2) is 0 Å². The van der Waals surface area contributed by atoms with Crippen LogP contribution in [0.3, 0.4) is 0 Å². The van der Waals surface area contributed by atoms with E-state index in [4.69, 9.17) is 4.42 Å². The van der Waals surface area contributed by atoms with Crippen LogP contribution in [0.5, 0.6) is 0 Å². The van der Waals surface area contributed by atoms with Gasteiger partial charge in [-0.25, -0.2) is 8.42 Å². The quantitative estimate of drug-likeness (QED) is 0.800. The molecule has 2 rings (SSSR count). The molecule has 1 aromatic carbocycles. The molecule has 0 atom stereocenters. The molecule has 6 nitrogen and oxygen atoms in total. The fraction of sp³-hybridized carbons (Fsp3) is 0.278. The van der Waals surface area contributed by atoms with Gasteiger partial charge in [0.1, 0.15) is 11.5 Å². The van der Waals surface area contributed by atoms with Gasteiger partial charge in [0.25, 0.3) is 0 Å². The van der Waals surface area contributed by atoms with Gasteiger partial charge in [-0.05, 0) is 63.2 Å². The van der Waals surface area contributed by atoms with Gasteiger partial charge in [-0.1, -0.05) is 0 Å². The van der Waals surface area contributed by atoms with Crippen LogP contribution in [-0.4, -0.2) is 31.7 Å². The van der Waals surface area contributed by atoms with E-state index >= 15 is 0 Å². The highest BCUT2D eigenvalue weighted by Crippen LogP contribution is 2.19. The van der Waals surface area contributed by atoms with Gasteiger partial charge in [-0.15, -0.1) is 0 Å². The molecule has 1 N–H and O–H groups in total. The highest BCUT2D eigenvalue weighted by atomic mass is 32.2. The molecule has 1 aromatic heterocycles. The lowest BCUT2D eigenvalue weighted by molar-refractivity contribution is -0.111. The Morgan fingerprint density at radius 3 is 2.32 bits per heavy atom. The molecule has 0 bridgehead atoms. The average molecular weight is 362 g/mol. The molecule has 0 aliphatic rings. The Hall–Kier alpha value is -2.38. The van der Waals surface area contributed by atoms with E-state index in [9.17, 15) is 13.2 Å². The molecular weight excluding hydrogens is 340 g/mol. The Labute approximate surface area is 148 Å². The topological polar surface area (TPSA) is 79.6 Å². The second kappa shape index (κ2) is 7.67. The van der Waals surface area contributed by atoms with Gasteiger partial charge >= 0.3 is 0 Å². The zero-order chi connectivity index (χ0) is 18.6. The van der Waals surface area contributed by atoms with E-state index in [0.29, 0.717) is 11.4 Å². The second-order valence-electron chi connectivity index (χ2n) is 5.91. The Morgan fingerprint density at radius 1 is 1.16 bits per heavy atom. The van der Waals surface area contributed by atoms with Crippen molar-refractivity contribution in [2.45, 2.75) is 31.7 Å². The van der Waals surface area contributed by atoms with E-state index in [0.717, 1.165) is 5.76 Å². The van der Waals surface area contributed by atoms with Crippen LogP contribution in [-0.2, 0) is 14.8 Å². The Morgan fingerprint density at radius 2 is 1.80 bits per heavy atom. The van der Waals surface area contributed by atoms with Crippen molar-refractivity contribution < 1.29 is 17.6 Å². The van der Waals surface area contributed by atoms with Crippen LogP contribution in [0.25, 0.3) is 6.08 Å². The van der Waals surface area contributed by atoms with Crippen LogP contribution in [0.2, 0.25) is 0 Å². The molecule has 7 heteroatoms. The van der Waals surface area contributed by atoms with Gasteiger partial charge in [-0.2, -0.15) is 4.31 Å². The number of carbonyl (C=O) groups is 1. The summed E-state index contributed by atoms with van der Waals surface area (Å²) in [6, 6.07) is 9.51. The fourth-order valence-electron chi connectivity index (χ4n) is 2.04. The first-order valence-corrected chi connectivity index (χ1v) is 9.28. The first kappa shape index (κ1) is 19.0. The van der Waals surface area contributed by atoms with E-state index in [1.807, 2.05) is 13.0 Å². The fourth-order valence-corrected chi connectivity index (χ4v) is 3.41. The van der Waals surface area contributed by atoms with Crippen molar-refractivity contribution in [3.05, 3.63) is 54.0 Å². The molecule has 1 heterocycles. The smallest absolute Gasteiger partial charge is 0.248 e. The van der Waals surface area contributed by atoms with E-state index in [1.165, 1.54) is 29.6 Å². The number of carbonyl (C=O) groups excluding carboxylic acids is 1. The maximum absolute atomic E-state index is 12.4. The molecule has 0 fully saturated rings. The number of hydrogen-bond acceptors (Lipinski definition) is 4. The summed E-state index contributed by atoms with van der Waals surface area (Å²) < 4.78 is 31.4. The largest absolute Gasteiger partial charge is 0.462 e. The molecule has 0 radical (unpaired) electrons. The number of rotatable bonds is 6. The minimum absolute atomic E-state index is 0.139. The number of anilines is 1. The normalized spacial score (nSPS) is 12.2. The van der Waals surface area contributed by atoms with Crippen molar-refractivity contribution in [1.29, 1.82) is 0 Å². The number of benzene rings is 1. The van der Waals surface area contributed by atoms with Crippen molar-refractivity contribution in [3.8, 4) is 0 Å². The van der Waals surface area contributed by atoms with E-state index < -0.39 is 10.0 Å². The third-order valence-electron chi connectivity index (χ3n) is 3.69. The van der Waals surface area contributed by atoms with Gasteiger partial charge in [0.05, 0.1) is 4.90 Å². The third kappa shape index (κ3) is 4.80. The molecule has 0 aliphatic carbocycles. The molecule has 1 amide bonds. The summed E-state index contributed by atoms with van der Waals surface area (Å²) >= 11 is 0. The molecule has 0 unspecified atom stereocenters. The number of aryl methyl sites for hydroxylation is 1. The molecule has 2 aromatic rings. The summed E-state index contributed by atoms with van der Waals surface area (Å²) in [5.41, 5.74) is 0.511. The Kier molecular flexibility index (Phi) is 5.81. The average Bonchev–Trinajstić information content (AvgIpc) is 2.98. The minimum Gasteiger partial charge on any atom is -0.462 e. The van der Waals surface area contributed by atoms with Crippen molar-refractivity contribution >= 4 is 27.7 Å². The molecule has 0 saturated heterocycles. The zero-order valence-corrected chi connectivity index (χ0v) is 15.5. The van der Waals surface area contributed by atoms with Crippen molar-refractivity contribution in [3.63, 3.8) is 0 Å². The number of hydrogen-bond donors (Lipinski definition) is 1. The summed E-state index contributed by atoms with van der Waals surface area (Å²) in [5.74, 6) is 1.03. The van der Waals surface area contributed by atoms with Gasteiger partial charge in [0.2, 0.25) is 15.9 Å². The number of nitrogens with one attached hydrogen (secondary N) is 1.